The number of ether oxygens (including phenoxy) is 2. The fourth-order valence-corrected chi connectivity index (χ4v) is 2.76. The molecule has 1 heterocycles. The molecule has 0 bridgehead atoms. The van der Waals surface area contributed by atoms with Crippen LogP contribution >= 0.6 is 24.0 Å². The first-order valence-corrected chi connectivity index (χ1v) is 8.40. The fraction of sp³-hybridized carbons (Fsp3) is 0.375. The zero-order chi connectivity index (χ0) is 15.2. The van der Waals surface area contributed by atoms with Gasteiger partial charge in [-0.3, -0.25) is 0 Å². The van der Waals surface area contributed by atoms with Gasteiger partial charge < -0.3 is 9.47 Å². The third-order valence-electron chi connectivity index (χ3n) is 3.47. The minimum atomic E-state index is -0.320. The highest BCUT2D eigenvalue weighted by molar-refractivity contribution is 8.22. The Morgan fingerprint density at radius 3 is 2.76 bits per heavy atom. The van der Waals surface area contributed by atoms with Gasteiger partial charge >= 0.3 is 5.97 Å². The molecule has 0 amide bonds. The fourth-order valence-electron chi connectivity index (χ4n) is 2.21. The topological polar surface area (TPSA) is 35.5 Å². The van der Waals surface area contributed by atoms with Crippen molar-refractivity contribution in [1.29, 1.82) is 0 Å². The number of benzene rings is 1. The summed E-state index contributed by atoms with van der Waals surface area (Å²) in [6.45, 7) is 1.97. The van der Waals surface area contributed by atoms with Crippen LogP contribution in [0.15, 0.2) is 42.7 Å². The van der Waals surface area contributed by atoms with E-state index >= 15 is 0 Å². The molecule has 1 aliphatic rings. The number of hydrogen-bond acceptors (Lipinski definition) is 5. The number of esters is 1. The van der Waals surface area contributed by atoms with Crippen LogP contribution in [0.5, 0.6) is 0 Å². The van der Waals surface area contributed by atoms with Crippen LogP contribution in [0.2, 0.25) is 0 Å². The van der Waals surface area contributed by atoms with Crippen molar-refractivity contribution in [2.24, 2.45) is 5.92 Å². The molecule has 0 saturated carbocycles. The normalized spacial score (nSPS) is 24.2. The highest BCUT2D eigenvalue weighted by atomic mass is 32.2. The van der Waals surface area contributed by atoms with Gasteiger partial charge in [-0.15, -0.1) is 11.8 Å². The Labute approximate surface area is 134 Å². The van der Waals surface area contributed by atoms with E-state index in [9.17, 15) is 4.79 Å². The summed E-state index contributed by atoms with van der Waals surface area (Å²) >= 11 is 6.84. The Morgan fingerprint density at radius 1 is 1.38 bits per heavy atom. The molecule has 21 heavy (non-hydrogen) atoms. The van der Waals surface area contributed by atoms with Gasteiger partial charge in [0, 0.05) is 10.1 Å². The van der Waals surface area contributed by atoms with Crippen molar-refractivity contribution in [3.8, 4) is 0 Å². The second-order valence-electron chi connectivity index (χ2n) is 4.85. The van der Waals surface area contributed by atoms with Crippen LogP contribution in [0, 0.1) is 5.92 Å². The van der Waals surface area contributed by atoms with Crippen LogP contribution in [-0.2, 0) is 9.47 Å². The van der Waals surface area contributed by atoms with Crippen LogP contribution in [0.25, 0.3) is 0 Å². The number of rotatable bonds is 4. The summed E-state index contributed by atoms with van der Waals surface area (Å²) in [4.78, 5) is 12.2. The smallest absolute Gasteiger partial charge is 0.338 e. The van der Waals surface area contributed by atoms with E-state index in [1.165, 1.54) is 0 Å². The van der Waals surface area contributed by atoms with Crippen molar-refractivity contribution in [1.82, 2.24) is 0 Å². The molecule has 0 fully saturated rings. The predicted molar refractivity (Wildman–Crippen MR) is 89.6 cm³/mol. The van der Waals surface area contributed by atoms with Gasteiger partial charge in [0.25, 0.3) is 0 Å². The second-order valence-corrected chi connectivity index (χ2v) is 6.50. The summed E-state index contributed by atoms with van der Waals surface area (Å²) in [6.07, 6.45) is 5.69. The van der Waals surface area contributed by atoms with E-state index in [0.29, 0.717) is 12.0 Å². The molecular formula is C16H18O3S2. The molecule has 0 aliphatic carbocycles. The number of carbonyl (C=O) groups excluding carboxylic acids is 1. The van der Waals surface area contributed by atoms with E-state index in [-0.39, 0.29) is 24.1 Å². The lowest BCUT2D eigenvalue weighted by molar-refractivity contribution is -0.0120. The molecule has 112 valence electrons. The molecule has 1 aromatic carbocycles. The van der Waals surface area contributed by atoms with Gasteiger partial charge in [-0.1, -0.05) is 30.4 Å². The Kier molecular flexibility index (Phi) is 5.82. The number of thiocarbonyl (C=S) groups is 1. The molecule has 1 aliphatic heterocycles. The van der Waals surface area contributed by atoms with Crippen LogP contribution in [0.1, 0.15) is 23.7 Å². The summed E-state index contributed by atoms with van der Waals surface area (Å²) in [6, 6.07) is 9.00. The molecule has 5 heteroatoms. The highest BCUT2D eigenvalue weighted by Crippen LogP contribution is 2.28. The molecule has 0 aromatic heterocycles. The average Bonchev–Trinajstić information content (AvgIpc) is 2.51. The molecule has 0 N–H and O–H groups in total. The van der Waals surface area contributed by atoms with Crippen LogP contribution in [0.4, 0.5) is 0 Å². The first-order chi connectivity index (χ1) is 10.1. The van der Waals surface area contributed by atoms with Crippen molar-refractivity contribution in [2.45, 2.75) is 25.6 Å². The molecule has 1 aromatic rings. The van der Waals surface area contributed by atoms with E-state index < -0.39 is 0 Å². The lowest BCUT2D eigenvalue weighted by atomic mass is 9.92. The molecule has 0 radical (unpaired) electrons. The van der Waals surface area contributed by atoms with E-state index in [1.807, 2.05) is 31.4 Å². The molecule has 0 spiro atoms. The van der Waals surface area contributed by atoms with Crippen LogP contribution in [0.3, 0.4) is 0 Å². The largest absolute Gasteiger partial charge is 0.498 e. The monoisotopic (exact) mass is 322 g/mol. The number of thioether (sulfide) groups is 1. The maximum absolute atomic E-state index is 12.2. The minimum absolute atomic E-state index is 0.0336. The Balaban J connectivity index is 2.08. The Hall–Kier alpha value is -1.33. The van der Waals surface area contributed by atoms with Crippen molar-refractivity contribution >= 4 is 34.1 Å². The summed E-state index contributed by atoms with van der Waals surface area (Å²) in [5.41, 5.74) is 0.552. The lowest BCUT2D eigenvalue weighted by Gasteiger charge is -2.32. The second kappa shape index (κ2) is 7.61. The third kappa shape index (κ3) is 4.32. The van der Waals surface area contributed by atoms with Gasteiger partial charge in [0.15, 0.2) is 0 Å². The van der Waals surface area contributed by atoms with Gasteiger partial charge in [-0.05, 0) is 37.8 Å². The van der Waals surface area contributed by atoms with Crippen molar-refractivity contribution < 1.29 is 14.3 Å². The van der Waals surface area contributed by atoms with Crippen LogP contribution in [-0.4, -0.2) is 28.6 Å². The highest BCUT2D eigenvalue weighted by Gasteiger charge is 2.32. The van der Waals surface area contributed by atoms with E-state index in [4.69, 9.17) is 21.7 Å². The standard InChI is InChI=1S/C16H18O3S2/c1-11-13(10-15(20)21-2)14(8-9-18-11)19-16(17)12-6-4-3-5-7-12/h3-9,11,13-14H,10H2,1-2H3/t11-,13-,14-/m0/s1. The van der Waals surface area contributed by atoms with Gasteiger partial charge in [-0.25, -0.2) is 4.79 Å². The maximum atomic E-state index is 12.2. The van der Waals surface area contributed by atoms with Gasteiger partial charge in [-0.2, -0.15) is 0 Å². The number of carbonyl (C=O) groups is 1. The van der Waals surface area contributed by atoms with Gasteiger partial charge in [0.2, 0.25) is 0 Å². The van der Waals surface area contributed by atoms with Crippen molar-refractivity contribution in [2.75, 3.05) is 6.26 Å². The average molecular weight is 322 g/mol. The SMILES string of the molecule is CSC(=S)C[C@H]1[C@H](C)OC=C[C@@H]1OC(=O)c1ccccc1. The zero-order valence-electron chi connectivity index (χ0n) is 12.0. The van der Waals surface area contributed by atoms with Crippen LogP contribution < -0.4 is 0 Å². The van der Waals surface area contributed by atoms with E-state index in [1.54, 1.807) is 36.2 Å². The van der Waals surface area contributed by atoms with Gasteiger partial charge in [0.1, 0.15) is 12.2 Å². The molecule has 0 saturated heterocycles. The van der Waals surface area contributed by atoms with Crippen molar-refractivity contribution in [3.05, 3.63) is 48.2 Å². The summed E-state index contributed by atoms with van der Waals surface area (Å²) in [7, 11) is 0. The first-order valence-electron chi connectivity index (χ1n) is 6.77. The third-order valence-corrected chi connectivity index (χ3v) is 4.76. The quantitative estimate of drug-likeness (QED) is 0.622. The maximum Gasteiger partial charge on any atom is 0.338 e. The first kappa shape index (κ1) is 16.0. The Morgan fingerprint density at radius 2 is 2.10 bits per heavy atom. The molecule has 0 unspecified atom stereocenters. The zero-order valence-corrected chi connectivity index (χ0v) is 13.7. The van der Waals surface area contributed by atoms with E-state index in [0.717, 1.165) is 4.20 Å². The summed E-state index contributed by atoms with van der Waals surface area (Å²) in [5, 5.41) is 0. The molecule has 3 atom stereocenters. The summed E-state index contributed by atoms with van der Waals surface area (Å²) < 4.78 is 12.0. The van der Waals surface area contributed by atoms with E-state index in [2.05, 4.69) is 0 Å². The molecule has 2 rings (SSSR count). The minimum Gasteiger partial charge on any atom is -0.498 e. The molecular weight excluding hydrogens is 304 g/mol. The molecule has 3 nitrogen and oxygen atoms in total. The number of hydrogen-bond donors (Lipinski definition) is 0. The van der Waals surface area contributed by atoms with Crippen molar-refractivity contribution in [3.63, 3.8) is 0 Å². The predicted octanol–water partition coefficient (Wildman–Crippen LogP) is 3.84. The lowest BCUT2D eigenvalue weighted by Crippen LogP contribution is -2.37. The summed E-state index contributed by atoms with van der Waals surface area (Å²) in [5.74, 6) is -0.276. The Bertz CT molecular complexity index is 528. The van der Waals surface area contributed by atoms with Gasteiger partial charge in [0.05, 0.1) is 11.8 Å².